The van der Waals surface area contributed by atoms with Crippen LogP contribution in [0.1, 0.15) is 33.6 Å². The molecule has 1 rings (SSSR count). The van der Waals surface area contributed by atoms with Gasteiger partial charge in [0.05, 0.1) is 5.92 Å². The van der Waals surface area contributed by atoms with E-state index in [-0.39, 0.29) is 17.4 Å². The van der Waals surface area contributed by atoms with Gasteiger partial charge in [0.1, 0.15) is 0 Å². The van der Waals surface area contributed by atoms with Crippen molar-refractivity contribution in [3.63, 3.8) is 0 Å². The van der Waals surface area contributed by atoms with Crippen molar-refractivity contribution >= 4 is 5.91 Å². The molecular formula is C11H22N2O. The highest BCUT2D eigenvalue weighted by Gasteiger charge is 2.26. The largest absolute Gasteiger partial charge is 0.351 e. The lowest BCUT2D eigenvalue weighted by Gasteiger charge is -2.31. The second-order valence-corrected chi connectivity index (χ2v) is 5.34. The summed E-state index contributed by atoms with van der Waals surface area (Å²) < 4.78 is 0. The van der Waals surface area contributed by atoms with Crippen LogP contribution in [0.15, 0.2) is 0 Å². The predicted molar refractivity (Wildman–Crippen MR) is 58.1 cm³/mol. The van der Waals surface area contributed by atoms with Crippen molar-refractivity contribution in [2.24, 2.45) is 5.92 Å². The first-order chi connectivity index (χ1) is 6.38. The van der Waals surface area contributed by atoms with Gasteiger partial charge in [0.15, 0.2) is 0 Å². The maximum Gasteiger partial charge on any atom is 0.224 e. The third kappa shape index (κ3) is 3.66. The van der Waals surface area contributed by atoms with E-state index in [2.05, 4.69) is 17.3 Å². The lowest BCUT2D eigenvalue weighted by Crippen LogP contribution is -2.47. The van der Waals surface area contributed by atoms with Gasteiger partial charge in [0.2, 0.25) is 5.91 Å². The van der Waals surface area contributed by atoms with Crippen LogP contribution in [0, 0.1) is 5.92 Å². The number of likely N-dealkylation sites (tertiary alicyclic amines) is 1. The number of rotatable bonds is 1. The average Bonchev–Trinajstić information content (AvgIpc) is 2.01. The number of hydrogen-bond donors (Lipinski definition) is 1. The van der Waals surface area contributed by atoms with E-state index in [0.717, 1.165) is 25.9 Å². The first-order valence-corrected chi connectivity index (χ1v) is 5.39. The van der Waals surface area contributed by atoms with Crippen molar-refractivity contribution in [3.05, 3.63) is 0 Å². The van der Waals surface area contributed by atoms with Gasteiger partial charge in [-0.1, -0.05) is 0 Å². The Morgan fingerprint density at radius 2 is 2.07 bits per heavy atom. The molecule has 3 heteroatoms. The van der Waals surface area contributed by atoms with E-state index < -0.39 is 0 Å². The molecule has 1 unspecified atom stereocenters. The van der Waals surface area contributed by atoms with Gasteiger partial charge in [-0.15, -0.1) is 0 Å². The molecule has 0 aromatic carbocycles. The van der Waals surface area contributed by atoms with Gasteiger partial charge in [-0.3, -0.25) is 4.79 Å². The average molecular weight is 198 g/mol. The van der Waals surface area contributed by atoms with Crippen LogP contribution in [0.4, 0.5) is 0 Å². The van der Waals surface area contributed by atoms with Gasteiger partial charge >= 0.3 is 0 Å². The molecule has 1 saturated heterocycles. The smallest absolute Gasteiger partial charge is 0.224 e. The molecule has 3 nitrogen and oxygen atoms in total. The van der Waals surface area contributed by atoms with E-state index >= 15 is 0 Å². The van der Waals surface area contributed by atoms with Crippen molar-refractivity contribution in [2.75, 3.05) is 20.1 Å². The Hall–Kier alpha value is -0.570. The monoisotopic (exact) mass is 198 g/mol. The standard InChI is InChI=1S/C11H22N2O/c1-11(2,3)12-10(14)9-6-5-7-13(4)8-9/h9H,5-8H2,1-4H3,(H,12,14). The summed E-state index contributed by atoms with van der Waals surface area (Å²) in [5.41, 5.74) is -0.104. The highest BCUT2D eigenvalue weighted by molar-refractivity contribution is 5.79. The zero-order chi connectivity index (χ0) is 10.8. The fourth-order valence-corrected chi connectivity index (χ4v) is 1.85. The molecule has 1 fully saturated rings. The molecule has 82 valence electrons. The Kier molecular flexibility index (Phi) is 3.53. The lowest BCUT2D eigenvalue weighted by molar-refractivity contribution is -0.128. The summed E-state index contributed by atoms with van der Waals surface area (Å²) in [6, 6.07) is 0. The minimum Gasteiger partial charge on any atom is -0.351 e. The van der Waals surface area contributed by atoms with Crippen molar-refractivity contribution in [1.82, 2.24) is 10.2 Å². The van der Waals surface area contributed by atoms with E-state index in [4.69, 9.17) is 0 Å². The van der Waals surface area contributed by atoms with E-state index in [1.165, 1.54) is 0 Å². The molecule has 0 aromatic rings. The van der Waals surface area contributed by atoms with Crippen LogP contribution in [0.2, 0.25) is 0 Å². The highest BCUT2D eigenvalue weighted by Crippen LogP contribution is 2.16. The summed E-state index contributed by atoms with van der Waals surface area (Å²) in [5.74, 6) is 0.400. The maximum atomic E-state index is 11.8. The Balaban J connectivity index is 2.44. The van der Waals surface area contributed by atoms with E-state index in [1.807, 2.05) is 20.8 Å². The number of carbonyl (C=O) groups is 1. The van der Waals surface area contributed by atoms with Gasteiger partial charge in [-0.05, 0) is 47.2 Å². The first kappa shape index (κ1) is 11.5. The van der Waals surface area contributed by atoms with E-state index in [9.17, 15) is 4.79 Å². The molecule has 1 aliphatic heterocycles. The molecular weight excluding hydrogens is 176 g/mol. The molecule has 0 aliphatic carbocycles. The minimum atomic E-state index is -0.104. The van der Waals surface area contributed by atoms with Crippen LogP contribution in [0.25, 0.3) is 0 Å². The van der Waals surface area contributed by atoms with Crippen LogP contribution in [-0.4, -0.2) is 36.5 Å². The summed E-state index contributed by atoms with van der Waals surface area (Å²) in [6.45, 7) is 8.10. The molecule has 0 aromatic heterocycles. The van der Waals surface area contributed by atoms with Crippen LogP contribution in [0.5, 0.6) is 0 Å². The van der Waals surface area contributed by atoms with Gasteiger partial charge in [0, 0.05) is 12.1 Å². The fraction of sp³-hybridized carbons (Fsp3) is 0.909. The Bertz CT molecular complexity index is 208. The molecule has 1 heterocycles. The summed E-state index contributed by atoms with van der Waals surface area (Å²) in [5, 5.41) is 3.04. The number of carbonyl (C=O) groups excluding carboxylic acids is 1. The molecule has 0 spiro atoms. The molecule has 0 radical (unpaired) electrons. The van der Waals surface area contributed by atoms with E-state index in [0.29, 0.717) is 0 Å². The molecule has 1 amide bonds. The topological polar surface area (TPSA) is 32.3 Å². The Labute approximate surface area is 86.9 Å². The molecule has 1 atom stereocenters. The number of piperidine rings is 1. The predicted octanol–water partition coefficient (Wildman–Crippen LogP) is 1.24. The molecule has 1 aliphatic rings. The second kappa shape index (κ2) is 4.30. The SMILES string of the molecule is CN1CCCC(C(=O)NC(C)(C)C)C1. The third-order valence-corrected chi connectivity index (χ3v) is 2.49. The van der Waals surface area contributed by atoms with Crippen LogP contribution in [0.3, 0.4) is 0 Å². The highest BCUT2D eigenvalue weighted by atomic mass is 16.2. The third-order valence-electron chi connectivity index (χ3n) is 2.49. The van der Waals surface area contributed by atoms with E-state index in [1.54, 1.807) is 0 Å². The number of amides is 1. The van der Waals surface area contributed by atoms with Crippen LogP contribution < -0.4 is 5.32 Å². The Morgan fingerprint density at radius 3 is 2.57 bits per heavy atom. The van der Waals surface area contributed by atoms with Crippen molar-refractivity contribution in [1.29, 1.82) is 0 Å². The van der Waals surface area contributed by atoms with Crippen molar-refractivity contribution in [2.45, 2.75) is 39.2 Å². The first-order valence-electron chi connectivity index (χ1n) is 5.39. The molecule has 0 bridgehead atoms. The van der Waals surface area contributed by atoms with Crippen LogP contribution in [-0.2, 0) is 4.79 Å². The quantitative estimate of drug-likeness (QED) is 0.687. The molecule has 1 N–H and O–H groups in total. The lowest BCUT2D eigenvalue weighted by atomic mass is 9.96. The zero-order valence-corrected chi connectivity index (χ0v) is 9.76. The summed E-state index contributed by atoms with van der Waals surface area (Å²) >= 11 is 0. The molecule has 0 saturated carbocycles. The summed E-state index contributed by atoms with van der Waals surface area (Å²) in [6.07, 6.45) is 2.17. The second-order valence-electron chi connectivity index (χ2n) is 5.34. The van der Waals surface area contributed by atoms with Gasteiger partial charge in [0.25, 0.3) is 0 Å². The van der Waals surface area contributed by atoms with Gasteiger partial charge in [-0.25, -0.2) is 0 Å². The number of nitrogens with zero attached hydrogens (tertiary/aromatic N) is 1. The summed E-state index contributed by atoms with van der Waals surface area (Å²) in [7, 11) is 2.08. The normalized spacial score (nSPS) is 24.7. The maximum absolute atomic E-state index is 11.8. The van der Waals surface area contributed by atoms with Crippen LogP contribution >= 0.6 is 0 Å². The fourth-order valence-electron chi connectivity index (χ4n) is 1.85. The van der Waals surface area contributed by atoms with Gasteiger partial charge in [-0.2, -0.15) is 0 Å². The Morgan fingerprint density at radius 1 is 1.43 bits per heavy atom. The summed E-state index contributed by atoms with van der Waals surface area (Å²) in [4.78, 5) is 14.1. The van der Waals surface area contributed by atoms with Crippen molar-refractivity contribution < 1.29 is 4.79 Å². The zero-order valence-electron chi connectivity index (χ0n) is 9.76. The number of nitrogens with one attached hydrogen (secondary N) is 1. The van der Waals surface area contributed by atoms with Crippen molar-refractivity contribution in [3.8, 4) is 0 Å². The number of hydrogen-bond acceptors (Lipinski definition) is 2. The minimum absolute atomic E-state index is 0.104. The van der Waals surface area contributed by atoms with Gasteiger partial charge < -0.3 is 10.2 Å². The molecule has 14 heavy (non-hydrogen) atoms.